The molecule has 1 aliphatic rings. The monoisotopic (exact) mass is 393 g/mol. The maximum absolute atomic E-state index is 12.2. The van der Waals surface area contributed by atoms with Crippen LogP contribution in [0, 0.1) is 6.92 Å². The molecule has 0 fully saturated rings. The molecule has 1 aromatic heterocycles. The lowest BCUT2D eigenvalue weighted by atomic mass is 9.81. The number of nitrogens with zero attached hydrogens (tertiary/aromatic N) is 3. The molecular formula is C17H20ClN5O2S. The number of hydrogen-bond donors (Lipinski definition) is 2. The molecule has 3 rings (SSSR count). The van der Waals surface area contributed by atoms with Crippen molar-refractivity contribution in [2.24, 2.45) is 21.7 Å². The van der Waals surface area contributed by atoms with Crippen molar-refractivity contribution in [3.05, 3.63) is 57.9 Å². The Bertz CT molecular complexity index is 1020. The van der Waals surface area contributed by atoms with Crippen molar-refractivity contribution in [3.63, 3.8) is 0 Å². The summed E-state index contributed by atoms with van der Waals surface area (Å²) in [7, 11) is -3.45. The van der Waals surface area contributed by atoms with Gasteiger partial charge >= 0.3 is 0 Å². The van der Waals surface area contributed by atoms with Gasteiger partial charge in [-0.1, -0.05) is 29.8 Å². The predicted octanol–water partition coefficient (Wildman–Crippen LogP) is 1.97. The highest BCUT2D eigenvalue weighted by Gasteiger charge is 2.32. The Morgan fingerprint density at radius 1 is 1.27 bits per heavy atom. The van der Waals surface area contributed by atoms with Crippen LogP contribution in [-0.4, -0.2) is 30.3 Å². The van der Waals surface area contributed by atoms with E-state index in [4.69, 9.17) is 23.1 Å². The molecule has 9 heteroatoms. The topological polar surface area (TPSA) is 116 Å². The van der Waals surface area contributed by atoms with E-state index >= 15 is 0 Å². The molecular weight excluding hydrogens is 374 g/mol. The Labute approximate surface area is 157 Å². The first-order valence-electron chi connectivity index (χ1n) is 8.00. The number of fused-ring (bicyclic) bond motifs is 1. The van der Waals surface area contributed by atoms with Crippen LogP contribution in [0.3, 0.4) is 0 Å². The maximum atomic E-state index is 12.2. The number of aryl methyl sites for hydroxylation is 1. The molecule has 7 nitrogen and oxygen atoms in total. The van der Waals surface area contributed by atoms with Crippen LogP contribution >= 0.6 is 11.6 Å². The zero-order valence-electron chi connectivity index (χ0n) is 14.5. The van der Waals surface area contributed by atoms with Gasteiger partial charge in [0.1, 0.15) is 0 Å². The molecule has 0 bridgehead atoms. The third-order valence-corrected chi connectivity index (χ3v) is 5.80. The van der Waals surface area contributed by atoms with E-state index in [-0.39, 0.29) is 11.9 Å². The van der Waals surface area contributed by atoms with Crippen molar-refractivity contribution in [1.82, 2.24) is 3.97 Å². The third kappa shape index (κ3) is 3.47. The van der Waals surface area contributed by atoms with Gasteiger partial charge in [-0.2, -0.15) is 5.10 Å². The van der Waals surface area contributed by atoms with Gasteiger partial charge in [-0.05, 0) is 42.9 Å². The molecule has 0 aliphatic heterocycles. The normalized spacial score (nSPS) is 18.6. The van der Waals surface area contributed by atoms with Gasteiger partial charge in [0.25, 0.3) is 0 Å². The molecule has 1 atom stereocenters. The van der Waals surface area contributed by atoms with E-state index in [2.05, 4.69) is 10.2 Å². The Kier molecular flexibility index (Phi) is 4.81. The number of halogens is 1. The first-order valence-corrected chi connectivity index (χ1v) is 10.2. The Morgan fingerprint density at radius 2 is 1.96 bits per heavy atom. The average Bonchev–Trinajstić information content (AvgIpc) is 2.90. The highest BCUT2D eigenvalue weighted by molar-refractivity contribution is 7.89. The fourth-order valence-electron chi connectivity index (χ4n) is 3.41. The molecule has 0 radical (unpaired) electrons. The van der Waals surface area contributed by atoms with Crippen molar-refractivity contribution >= 4 is 33.3 Å². The number of benzene rings is 1. The van der Waals surface area contributed by atoms with Crippen LogP contribution in [0.15, 0.2) is 40.7 Å². The summed E-state index contributed by atoms with van der Waals surface area (Å²) >= 11 is 6.36. The summed E-state index contributed by atoms with van der Waals surface area (Å²) in [5.74, 6) is -0.182. The van der Waals surface area contributed by atoms with Gasteiger partial charge in [0, 0.05) is 22.5 Å². The van der Waals surface area contributed by atoms with E-state index in [1.807, 2.05) is 31.2 Å². The summed E-state index contributed by atoms with van der Waals surface area (Å²) in [4.78, 5) is 0. The van der Waals surface area contributed by atoms with E-state index in [0.29, 0.717) is 29.3 Å². The first kappa shape index (κ1) is 18.5. The fraction of sp³-hybridized carbons (Fsp3) is 0.294. The van der Waals surface area contributed by atoms with Crippen LogP contribution in [0.5, 0.6) is 0 Å². The average molecular weight is 394 g/mol. The van der Waals surface area contributed by atoms with Crippen LogP contribution in [-0.2, 0) is 16.4 Å². The van der Waals surface area contributed by atoms with Crippen LogP contribution in [0.2, 0.25) is 5.02 Å². The van der Waals surface area contributed by atoms with Crippen molar-refractivity contribution in [3.8, 4) is 0 Å². The van der Waals surface area contributed by atoms with E-state index in [0.717, 1.165) is 16.7 Å². The lowest BCUT2D eigenvalue weighted by molar-refractivity contribution is 0.587. The minimum atomic E-state index is -3.45. The summed E-state index contributed by atoms with van der Waals surface area (Å²) in [6.07, 6.45) is 3.88. The first-order chi connectivity index (χ1) is 12.2. The number of nitrogens with two attached hydrogens (primary N) is 2. The molecule has 2 aromatic rings. The number of aromatic nitrogens is 1. The van der Waals surface area contributed by atoms with E-state index in [9.17, 15) is 8.42 Å². The summed E-state index contributed by atoms with van der Waals surface area (Å²) in [6, 6.07) is 7.53. The zero-order valence-corrected chi connectivity index (χ0v) is 16.0. The molecule has 1 unspecified atom stereocenters. The maximum Gasteiger partial charge on any atom is 0.235 e. The zero-order chi connectivity index (χ0) is 19.1. The molecule has 1 aliphatic carbocycles. The van der Waals surface area contributed by atoms with Gasteiger partial charge in [-0.15, -0.1) is 5.10 Å². The summed E-state index contributed by atoms with van der Waals surface area (Å²) in [6.45, 7) is 1.85. The van der Waals surface area contributed by atoms with Crippen LogP contribution in [0.4, 0.5) is 0 Å². The second-order valence-corrected chi connectivity index (χ2v) is 8.66. The van der Waals surface area contributed by atoms with Crippen molar-refractivity contribution < 1.29 is 8.42 Å². The highest BCUT2D eigenvalue weighted by Crippen LogP contribution is 2.38. The largest absolute Gasteiger partial charge is 0.369 e. The molecule has 4 N–H and O–H groups in total. The molecule has 0 saturated heterocycles. The van der Waals surface area contributed by atoms with Gasteiger partial charge in [0.2, 0.25) is 16.0 Å². The second-order valence-electron chi connectivity index (χ2n) is 6.39. The smallest absolute Gasteiger partial charge is 0.235 e. The lowest BCUT2D eigenvalue weighted by Crippen LogP contribution is -2.25. The quantitative estimate of drug-likeness (QED) is 0.471. The van der Waals surface area contributed by atoms with Gasteiger partial charge in [-0.3, -0.25) is 0 Å². The minimum Gasteiger partial charge on any atom is -0.369 e. The van der Waals surface area contributed by atoms with E-state index in [1.165, 1.54) is 10.2 Å². The van der Waals surface area contributed by atoms with E-state index in [1.54, 1.807) is 6.20 Å². The highest BCUT2D eigenvalue weighted by atomic mass is 35.5. The number of guanidine groups is 1. The third-order valence-electron chi connectivity index (χ3n) is 4.42. The van der Waals surface area contributed by atoms with E-state index < -0.39 is 10.0 Å². The SMILES string of the molecule is Cc1cn(S(C)(=O)=O)c2c1C(=NN=C(N)N)CC(c1ccccc1Cl)C2. The number of hydrogen-bond acceptors (Lipinski definition) is 4. The minimum absolute atomic E-state index is 0.0288. The number of rotatable bonds is 3. The van der Waals surface area contributed by atoms with Crippen LogP contribution in [0.25, 0.3) is 0 Å². The lowest BCUT2D eigenvalue weighted by Gasteiger charge is -2.26. The van der Waals surface area contributed by atoms with Gasteiger partial charge in [0.15, 0.2) is 0 Å². The Morgan fingerprint density at radius 3 is 2.58 bits per heavy atom. The van der Waals surface area contributed by atoms with Crippen molar-refractivity contribution in [2.75, 3.05) is 6.26 Å². The Balaban J connectivity index is 2.20. The summed E-state index contributed by atoms with van der Waals surface area (Å²) in [5.41, 5.74) is 14.7. The predicted molar refractivity (Wildman–Crippen MR) is 104 cm³/mol. The van der Waals surface area contributed by atoms with Gasteiger partial charge in [0.05, 0.1) is 12.0 Å². The molecule has 138 valence electrons. The molecule has 1 aromatic carbocycles. The van der Waals surface area contributed by atoms with Crippen LogP contribution < -0.4 is 11.5 Å². The van der Waals surface area contributed by atoms with Crippen LogP contribution in [0.1, 0.15) is 34.7 Å². The molecule has 1 heterocycles. The van der Waals surface area contributed by atoms with Gasteiger partial charge < -0.3 is 11.5 Å². The Hall–Kier alpha value is -2.32. The van der Waals surface area contributed by atoms with Crippen molar-refractivity contribution in [1.29, 1.82) is 0 Å². The molecule has 0 saturated carbocycles. The molecule has 0 spiro atoms. The fourth-order valence-corrected chi connectivity index (χ4v) is 4.62. The molecule has 26 heavy (non-hydrogen) atoms. The van der Waals surface area contributed by atoms with Crippen molar-refractivity contribution in [2.45, 2.75) is 25.7 Å². The van der Waals surface area contributed by atoms with Gasteiger partial charge in [-0.25, -0.2) is 12.4 Å². The standard InChI is InChI=1S/C17H20ClN5O2S/c1-10-9-23(26(2,24)25)15-8-11(12-5-3-4-6-13(12)18)7-14(16(10)15)21-22-17(19)20/h3-6,9,11H,7-8H2,1-2H3,(H4,19,20,22). The summed E-state index contributed by atoms with van der Waals surface area (Å²) in [5, 5.41) is 8.60. The second kappa shape index (κ2) is 6.77. The molecule has 0 amide bonds. The summed E-state index contributed by atoms with van der Waals surface area (Å²) < 4.78 is 25.8.